The van der Waals surface area contributed by atoms with Crippen LogP contribution in [0.5, 0.6) is 5.75 Å². The van der Waals surface area contributed by atoms with Crippen LogP contribution in [0, 0.1) is 17.2 Å². The number of aliphatic imine (C=N–C) groups is 1. The van der Waals surface area contributed by atoms with Crippen molar-refractivity contribution in [3.05, 3.63) is 47.8 Å². The molecule has 0 spiro atoms. The van der Waals surface area contributed by atoms with Gasteiger partial charge in [-0.15, -0.1) is 0 Å². The van der Waals surface area contributed by atoms with Crippen LogP contribution in [-0.2, 0) is 14.8 Å². The lowest BCUT2D eigenvalue weighted by atomic mass is 9.98. The van der Waals surface area contributed by atoms with Gasteiger partial charge in [0.2, 0.25) is 15.9 Å². The summed E-state index contributed by atoms with van der Waals surface area (Å²) in [5.41, 5.74) is 8.29. The average molecular weight is 498 g/mol. The van der Waals surface area contributed by atoms with Crippen LogP contribution in [0.15, 0.2) is 41.6 Å². The fourth-order valence-corrected chi connectivity index (χ4v) is 5.27. The Morgan fingerprint density at radius 1 is 1.37 bits per heavy atom. The Kier molecular flexibility index (Phi) is 6.90. The number of amides is 1. The molecule has 0 atom stereocenters. The van der Waals surface area contributed by atoms with E-state index in [0.29, 0.717) is 48.3 Å². The van der Waals surface area contributed by atoms with Crippen molar-refractivity contribution in [1.29, 1.82) is 5.26 Å². The summed E-state index contributed by atoms with van der Waals surface area (Å²) in [6.07, 6.45) is 7.82. The number of hydrogen-bond acceptors (Lipinski definition) is 8. The summed E-state index contributed by atoms with van der Waals surface area (Å²) in [5, 5.41) is 14.4. The number of nitrogens with zero attached hydrogens (tertiary/aromatic N) is 6. The average Bonchev–Trinajstić information content (AvgIpc) is 3.26. The first-order valence-corrected chi connectivity index (χ1v) is 12.6. The molecule has 0 aliphatic carbocycles. The van der Waals surface area contributed by atoms with Crippen molar-refractivity contribution in [1.82, 2.24) is 18.8 Å². The fourth-order valence-electron chi connectivity index (χ4n) is 4.28. The molecule has 0 radical (unpaired) electrons. The molecule has 1 amide bonds. The Bertz CT molecular complexity index is 1340. The number of pyridine rings is 1. The molecule has 11 nitrogen and oxygen atoms in total. The van der Waals surface area contributed by atoms with Crippen LogP contribution in [0.4, 0.5) is 0 Å². The molecule has 4 rings (SSSR count). The number of allylic oxidation sites excluding steroid dienone is 1. The Morgan fingerprint density at radius 2 is 2.09 bits per heavy atom. The lowest BCUT2D eigenvalue weighted by Gasteiger charge is -2.40. The second-order valence-corrected chi connectivity index (χ2v) is 10.3. The van der Waals surface area contributed by atoms with E-state index >= 15 is 0 Å². The first-order chi connectivity index (χ1) is 16.8. The molecular weight excluding hydrogens is 470 g/mol. The fraction of sp³-hybridized carbons (Fsp3) is 0.391. The SMILES string of the molecule is C=CS(=O)(=O)N1CC(C(=O)N2CCC(N=CC(=CN)c3cc(OC)c4c(C#N)cnn4c3)CC2)C1. The predicted octanol–water partition coefficient (Wildman–Crippen LogP) is 0.981. The van der Waals surface area contributed by atoms with Gasteiger partial charge in [0, 0.05) is 61.3 Å². The standard InChI is InChI=1S/C23H27N7O4S/c1-3-35(32,33)29-13-19(14-29)23(31)28-6-4-20(5-7-28)26-11-17(9-24)16-8-21(34-2)22-18(10-25)12-27-30(22)15-16/h3,8-9,11-12,15,19-20H,1,4-7,13-14,24H2,2H3. The first-order valence-electron chi connectivity index (χ1n) is 11.1. The topological polar surface area (TPSA) is 146 Å². The highest BCUT2D eigenvalue weighted by Gasteiger charge is 2.40. The van der Waals surface area contributed by atoms with Gasteiger partial charge in [-0.2, -0.15) is 14.7 Å². The van der Waals surface area contributed by atoms with Crippen LogP contribution in [-0.4, -0.2) is 78.7 Å². The third kappa shape index (κ3) is 4.78. The molecule has 2 saturated heterocycles. The molecule has 2 aromatic heterocycles. The van der Waals surface area contributed by atoms with Crippen LogP contribution >= 0.6 is 0 Å². The highest BCUT2D eigenvalue weighted by molar-refractivity contribution is 7.92. The molecule has 2 aliphatic heterocycles. The van der Waals surface area contributed by atoms with Crippen molar-refractivity contribution in [3.63, 3.8) is 0 Å². The number of carbonyl (C=O) groups is 1. The molecular formula is C23H27N7O4S. The lowest BCUT2D eigenvalue weighted by Crippen LogP contribution is -2.56. The van der Waals surface area contributed by atoms with E-state index in [0.717, 1.165) is 11.0 Å². The number of nitrogens with two attached hydrogens (primary N) is 1. The van der Waals surface area contributed by atoms with Gasteiger partial charge in [0.1, 0.15) is 22.9 Å². The molecule has 184 valence electrons. The van der Waals surface area contributed by atoms with Gasteiger partial charge in [-0.1, -0.05) is 6.58 Å². The van der Waals surface area contributed by atoms with Crippen LogP contribution in [0.1, 0.15) is 24.0 Å². The number of methoxy groups -OCH3 is 1. The van der Waals surface area contributed by atoms with Crippen molar-refractivity contribution in [2.24, 2.45) is 16.6 Å². The van der Waals surface area contributed by atoms with E-state index in [1.165, 1.54) is 23.8 Å². The number of nitriles is 1. The molecule has 35 heavy (non-hydrogen) atoms. The van der Waals surface area contributed by atoms with E-state index in [-0.39, 0.29) is 31.0 Å². The van der Waals surface area contributed by atoms with Gasteiger partial charge >= 0.3 is 0 Å². The highest BCUT2D eigenvalue weighted by Crippen LogP contribution is 2.28. The molecule has 2 aliphatic rings. The molecule has 0 bridgehead atoms. The summed E-state index contributed by atoms with van der Waals surface area (Å²) < 4.78 is 31.8. The number of fused-ring (bicyclic) bond motifs is 1. The van der Waals surface area contributed by atoms with E-state index in [4.69, 9.17) is 10.5 Å². The molecule has 2 aromatic rings. The monoisotopic (exact) mass is 497 g/mol. The van der Waals surface area contributed by atoms with Gasteiger partial charge in [0.25, 0.3) is 0 Å². The van der Waals surface area contributed by atoms with E-state index in [9.17, 15) is 18.5 Å². The lowest BCUT2D eigenvalue weighted by molar-refractivity contribution is -0.140. The van der Waals surface area contributed by atoms with Crippen molar-refractivity contribution in [3.8, 4) is 11.8 Å². The van der Waals surface area contributed by atoms with Gasteiger partial charge < -0.3 is 15.4 Å². The van der Waals surface area contributed by atoms with Crippen molar-refractivity contribution >= 4 is 33.2 Å². The molecule has 0 aromatic carbocycles. The minimum Gasteiger partial charge on any atom is -0.494 e. The van der Waals surface area contributed by atoms with Gasteiger partial charge in [-0.05, 0) is 18.9 Å². The summed E-state index contributed by atoms with van der Waals surface area (Å²) in [4.78, 5) is 19.2. The van der Waals surface area contributed by atoms with Crippen LogP contribution in [0.25, 0.3) is 11.1 Å². The second-order valence-electron chi connectivity index (χ2n) is 8.44. The highest BCUT2D eigenvalue weighted by atomic mass is 32.2. The zero-order valence-electron chi connectivity index (χ0n) is 19.4. The van der Waals surface area contributed by atoms with E-state index in [1.807, 2.05) is 0 Å². The number of piperidine rings is 1. The third-order valence-corrected chi connectivity index (χ3v) is 7.84. The van der Waals surface area contributed by atoms with Gasteiger partial charge in [0.15, 0.2) is 0 Å². The van der Waals surface area contributed by atoms with E-state index < -0.39 is 10.0 Å². The summed E-state index contributed by atoms with van der Waals surface area (Å²) in [7, 11) is -1.93. The molecule has 4 heterocycles. The van der Waals surface area contributed by atoms with Crippen LogP contribution in [0.3, 0.4) is 0 Å². The zero-order valence-corrected chi connectivity index (χ0v) is 20.2. The molecule has 2 fully saturated rings. The minimum atomic E-state index is -3.46. The number of aromatic nitrogens is 2. The van der Waals surface area contributed by atoms with Gasteiger partial charge in [-0.3, -0.25) is 9.79 Å². The number of likely N-dealkylation sites (tertiary alicyclic amines) is 1. The maximum atomic E-state index is 12.7. The van der Waals surface area contributed by atoms with Crippen LogP contribution in [0.2, 0.25) is 0 Å². The van der Waals surface area contributed by atoms with Crippen molar-refractivity contribution < 1.29 is 17.9 Å². The number of hydrogen-bond donors (Lipinski definition) is 1. The Labute approximate surface area is 203 Å². The third-order valence-electron chi connectivity index (χ3n) is 6.40. The Morgan fingerprint density at radius 3 is 2.69 bits per heavy atom. The normalized spacial score (nSPS) is 18.5. The first kappa shape index (κ1) is 24.4. The summed E-state index contributed by atoms with van der Waals surface area (Å²) >= 11 is 0. The summed E-state index contributed by atoms with van der Waals surface area (Å²) in [5.74, 6) is 0.193. The van der Waals surface area contributed by atoms with Crippen LogP contribution < -0.4 is 10.5 Å². The van der Waals surface area contributed by atoms with E-state index in [2.05, 4.69) is 22.7 Å². The second kappa shape index (κ2) is 9.89. The number of rotatable bonds is 7. The molecule has 0 unspecified atom stereocenters. The maximum absolute atomic E-state index is 12.7. The van der Waals surface area contributed by atoms with Gasteiger partial charge in [0.05, 0.1) is 25.3 Å². The minimum absolute atomic E-state index is 0.0122. The predicted molar refractivity (Wildman–Crippen MR) is 131 cm³/mol. The Hall–Kier alpha value is -3.69. The maximum Gasteiger partial charge on any atom is 0.235 e. The zero-order chi connectivity index (χ0) is 25.2. The van der Waals surface area contributed by atoms with E-state index in [1.54, 1.807) is 27.9 Å². The smallest absolute Gasteiger partial charge is 0.235 e. The summed E-state index contributed by atoms with van der Waals surface area (Å²) in [6, 6.07) is 3.93. The number of ether oxygens (including phenoxy) is 1. The molecule has 0 saturated carbocycles. The molecule has 12 heteroatoms. The molecule has 2 N–H and O–H groups in total. The Balaban J connectivity index is 1.37. The number of sulfonamides is 1. The van der Waals surface area contributed by atoms with Gasteiger partial charge in [-0.25, -0.2) is 12.9 Å². The number of carbonyl (C=O) groups excluding carboxylic acids is 1. The van der Waals surface area contributed by atoms with Crippen molar-refractivity contribution in [2.75, 3.05) is 33.3 Å². The largest absolute Gasteiger partial charge is 0.494 e. The summed E-state index contributed by atoms with van der Waals surface area (Å²) in [6.45, 7) is 4.85. The van der Waals surface area contributed by atoms with Crippen molar-refractivity contribution in [2.45, 2.75) is 18.9 Å². The quantitative estimate of drug-likeness (QED) is 0.561.